The fraction of sp³-hybridized carbons (Fsp3) is 0.635. The number of cyclic esters (lactones) is 1. The van der Waals surface area contributed by atoms with Gasteiger partial charge in [0, 0.05) is 80.7 Å². The third-order valence-electron chi connectivity index (χ3n) is 14.9. The second kappa shape index (κ2) is 22.6. The number of benzene rings is 2. The van der Waals surface area contributed by atoms with Gasteiger partial charge in [-0.3, -0.25) is 24.3 Å². The molecular formula is C52H75N5O13S. The van der Waals surface area contributed by atoms with E-state index < -0.39 is 99.7 Å². The smallest absolute Gasteiger partial charge is 0.410 e. The molecule has 19 heteroatoms. The molecule has 0 spiro atoms. The minimum atomic E-state index is -4.14. The van der Waals surface area contributed by atoms with Crippen LogP contribution in [0.5, 0.6) is 0 Å². The summed E-state index contributed by atoms with van der Waals surface area (Å²) < 4.78 is 69.2. The Bertz CT molecular complexity index is 2480. The first-order valence-corrected chi connectivity index (χ1v) is 26.1. The van der Waals surface area contributed by atoms with Crippen LogP contribution in [0.15, 0.2) is 65.7 Å². The standard InChI is InChI=1S/C52H75N5O13S/c1-14-41-52(8)46(57(50(62)70-52)26-25-54-71(63,64)40-23-18-20-36-37(40)21-17-22-38(36)55(9)10)32(4)43(59)30(2)29-51(7,65-13)47(69-49-44(60)39(56(11)12)27-31(3)66-49)33(5)45(34(6)48(61)67-41)68-42(58)28-35-19-15-16-24-53-35/h15-24,30-34,39,41,44-47,49,54,60H,14,25-29H2,1-13H3/t30-,31-,32-,33-,34-,39+,41+,44-,45-,46+,47-,49+,51-,52-/m1/s1. The van der Waals surface area contributed by atoms with Gasteiger partial charge in [-0.05, 0) is 85.3 Å². The zero-order valence-corrected chi connectivity index (χ0v) is 44.3. The molecule has 0 radical (unpaired) electrons. The number of aromatic nitrogens is 1. The lowest BCUT2D eigenvalue weighted by atomic mass is 9.73. The predicted octanol–water partition coefficient (Wildman–Crippen LogP) is 5.37. The van der Waals surface area contributed by atoms with E-state index in [1.54, 1.807) is 91.1 Å². The zero-order chi connectivity index (χ0) is 52.3. The number of carbonyl (C=O) groups excluding carboxylic acids is 4. The third-order valence-corrected chi connectivity index (χ3v) is 16.5. The molecule has 1 amide bonds. The Hall–Kier alpha value is -4.76. The Kier molecular flexibility index (Phi) is 17.7. The van der Waals surface area contributed by atoms with Crippen LogP contribution < -0.4 is 9.62 Å². The molecule has 14 atom stereocenters. The first-order chi connectivity index (χ1) is 33.4. The van der Waals surface area contributed by atoms with Crippen LogP contribution in [0.2, 0.25) is 0 Å². The van der Waals surface area contributed by atoms with Gasteiger partial charge in [0.2, 0.25) is 10.0 Å². The highest BCUT2D eigenvalue weighted by molar-refractivity contribution is 7.89. The first kappa shape index (κ1) is 55.6. The highest BCUT2D eigenvalue weighted by atomic mass is 32.2. The second-order valence-electron chi connectivity index (χ2n) is 20.5. The maximum absolute atomic E-state index is 15.1. The van der Waals surface area contributed by atoms with E-state index in [-0.39, 0.29) is 55.2 Å². The van der Waals surface area contributed by atoms with Crippen molar-refractivity contribution in [2.45, 2.75) is 146 Å². The van der Waals surface area contributed by atoms with E-state index in [2.05, 4.69) is 9.71 Å². The van der Waals surface area contributed by atoms with Crippen LogP contribution in [0.4, 0.5) is 10.5 Å². The van der Waals surface area contributed by atoms with Crippen molar-refractivity contribution in [1.82, 2.24) is 19.5 Å². The van der Waals surface area contributed by atoms with E-state index in [0.29, 0.717) is 17.5 Å². The average Bonchev–Trinajstić information content (AvgIpc) is 3.59. The summed E-state index contributed by atoms with van der Waals surface area (Å²) in [6.45, 7) is 13.4. The van der Waals surface area contributed by atoms with Crippen LogP contribution in [-0.4, -0.2) is 161 Å². The molecule has 3 aliphatic rings. The molecule has 71 heavy (non-hydrogen) atoms. The molecule has 0 unspecified atom stereocenters. The summed E-state index contributed by atoms with van der Waals surface area (Å²) in [5, 5.41) is 13.0. The van der Waals surface area contributed by atoms with Gasteiger partial charge in [0.25, 0.3) is 0 Å². The van der Waals surface area contributed by atoms with E-state index >= 15 is 4.79 Å². The van der Waals surface area contributed by atoms with Gasteiger partial charge in [0.1, 0.15) is 24.1 Å². The fourth-order valence-electron chi connectivity index (χ4n) is 11.2. The zero-order valence-electron chi connectivity index (χ0n) is 43.5. The van der Waals surface area contributed by atoms with Crippen LogP contribution >= 0.6 is 0 Å². The van der Waals surface area contributed by atoms with Crippen molar-refractivity contribution in [3.8, 4) is 0 Å². The number of Topliss-reactive ketones (excluding diaryl/α,β-unsaturated/α-hetero) is 1. The first-order valence-electron chi connectivity index (χ1n) is 24.6. The Morgan fingerprint density at radius 2 is 1.65 bits per heavy atom. The van der Waals surface area contributed by atoms with Gasteiger partial charge in [0.05, 0.1) is 46.8 Å². The van der Waals surface area contributed by atoms with E-state index in [4.69, 9.17) is 28.4 Å². The van der Waals surface area contributed by atoms with Gasteiger partial charge < -0.3 is 43.3 Å². The number of sulfonamides is 1. The van der Waals surface area contributed by atoms with E-state index in [9.17, 15) is 27.9 Å². The Labute approximate surface area is 419 Å². The summed E-state index contributed by atoms with van der Waals surface area (Å²) in [5.74, 6) is -5.54. The molecule has 1 aromatic heterocycles. The summed E-state index contributed by atoms with van der Waals surface area (Å²) in [6, 6.07) is 14.2. The van der Waals surface area contributed by atoms with Gasteiger partial charge in [-0.1, -0.05) is 58.0 Å². The Morgan fingerprint density at radius 3 is 2.28 bits per heavy atom. The van der Waals surface area contributed by atoms with Crippen molar-refractivity contribution >= 4 is 50.3 Å². The van der Waals surface area contributed by atoms with Crippen molar-refractivity contribution in [2.24, 2.45) is 23.7 Å². The molecule has 18 nitrogen and oxygen atoms in total. The average molecular weight is 1010 g/mol. The van der Waals surface area contributed by atoms with Crippen LogP contribution in [0.1, 0.15) is 80.3 Å². The maximum atomic E-state index is 15.1. The number of amides is 1. The Balaban J connectivity index is 1.39. The fourth-order valence-corrected chi connectivity index (χ4v) is 12.4. The van der Waals surface area contributed by atoms with Crippen LogP contribution in [-0.2, 0) is 59.2 Å². The molecular weight excluding hydrogens is 935 g/mol. The molecule has 0 bridgehead atoms. The summed E-state index contributed by atoms with van der Waals surface area (Å²) in [6.07, 6.45) is -4.92. The molecule has 3 aliphatic heterocycles. The number of hydrogen-bond donors (Lipinski definition) is 2. The second-order valence-corrected chi connectivity index (χ2v) is 22.2. The quantitative estimate of drug-likeness (QED) is 0.154. The normalized spacial score (nSPS) is 33.3. The van der Waals surface area contributed by atoms with Crippen LogP contribution in [0.25, 0.3) is 10.8 Å². The molecule has 392 valence electrons. The molecule has 3 saturated heterocycles. The highest BCUT2D eigenvalue weighted by Gasteiger charge is 2.60. The van der Waals surface area contributed by atoms with Gasteiger partial charge >= 0.3 is 18.0 Å². The number of aliphatic hydroxyl groups is 1. The molecule has 6 rings (SSSR count). The Morgan fingerprint density at radius 1 is 0.958 bits per heavy atom. The number of esters is 2. The minimum Gasteiger partial charge on any atom is -0.461 e. The maximum Gasteiger partial charge on any atom is 0.410 e. The number of rotatable bonds is 14. The molecule has 0 aliphatic carbocycles. The molecule has 2 N–H and O–H groups in total. The lowest BCUT2D eigenvalue weighted by molar-refractivity contribution is -0.301. The molecule has 2 aromatic carbocycles. The van der Waals surface area contributed by atoms with Gasteiger partial charge in [-0.2, -0.15) is 0 Å². The topological polar surface area (TPSA) is 213 Å². The summed E-state index contributed by atoms with van der Waals surface area (Å²) in [4.78, 5) is 67.5. The summed E-state index contributed by atoms with van der Waals surface area (Å²) >= 11 is 0. The lowest BCUT2D eigenvalue weighted by Crippen LogP contribution is -2.61. The number of nitrogens with one attached hydrogen (secondary N) is 1. The number of pyridine rings is 1. The van der Waals surface area contributed by atoms with Crippen molar-refractivity contribution in [2.75, 3.05) is 53.3 Å². The number of hydrogen-bond acceptors (Lipinski definition) is 16. The highest BCUT2D eigenvalue weighted by Crippen LogP contribution is 2.44. The van der Waals surface area contributed by atoms with E-state index in [0.717, 1.165) is 11.1 Å². The van der Waals surface area contributed by atoms with E-state index in [1.165, 1.54) is 18.1 Å². The number of ether oxygens (including phenoxy) is 6. The number of fused-ring (bicyclic) bond motifs is 2. The van der Waals surface area contributed by atoms with Gasteiger partial charge in [-0.15, -0.1) is 0 Å². The number of likely N-dealkylation sites (N-methyl/N-ethyl adjacent to an activating group) is 1. The van der Waals surface area contributed by atoms with Crippen LogP contribution in [0, 0.1) is 23.7 Å². The SMILES string of the molecule is CC[C@@H]1OC(=O)[C@H](C)[C@H](OC(=O)Cc2ccccn2)[C@@H](C)[C@@H](O[C@@H]2O[C@H](C)C[C@H](N(C)C)[C@H]2O)[C@](C)(OC)C[C@@H](C)C(=O)[C@@H](C)[C@@H]2N(CCNS(=O)(=O)c3cccc4c(N(C)C)cccc34)C(=O)O[C@]12C. The predicted molar refractivity (Wildman–Crippen MR) is 266 cm³/mol. The third kappa shape index (κ3) is 11.7. The molecule has 3 fully saturated rings. The van der Waals surface area contributed by atoms with Crippen molar-refractivity contribution in [1.29, 1.82) is 0 Å². The number of methoxy groups -OCH3 is 1. The number of anilines is 1. The van der Waals surface area contributed by atoms with E-state index in [1.807, 2.05) is 57.0 Å². The monoisotopic (exact) mass is 1010 g/mol. The molecule has 0 saturated carbocycles. The summed E-state index contributed by atoms with van der Waals surface area (Å²) in [7, 11) is 4.80. The number of aliphatic hydroxyl groups excluding tert-OH is 1. The largest absolute Gasteiger partial charge is 0.461 e. The lowest BCUT2D eigenvalue weighted by Gasteiger charge is -2.48. The van der Waals surface area contributed by atoms with Gasteiger partial charge in [-0.25, -0.2) is 17.9 Å². The molecule has 3 aromatic rings. The number of ketones is 1. The van der Waals surface area contributed by atoms with Crippen molar-refractivity contribution < 1.29 is 61.1 Å². The number of nitrogens with zero attached hydrogens (tertiary/aromatic N) is 4. The van der Waals surface area contributed by atoms with Gasteiger partial charge in [0.15, 0.2) is 11.9 Å². The van der Waals surface area contributed by atoms with Crippen LogP contribution in [0.3, 0.4) is 0 Å². The van der Waals surface area contributed by atoms with Crippen molar-refractivity contribution in [3.05, 3.63) is 66.5 Å². The number of carbonyl (C=O) groups is 4. The molecule has 4 heterocycles. The van der Waals surface area contributed by atoms with Crippen molar-refractivity contribution in [3.63, 3.8) is 0 Å². The minimum absolute atomic E-state index is 0.0282. The summed E-state index contributed by atoms with van der Waals surface area (Å²) in [5.41, 5.74) is -1.73.